The van der Waals surface area contributed by atoms with Gasteiger partial charge in [-0.25, -0.2) is 0 Å². The van der Waals surface area contributed by atoms with Gasteiger partial charge in [0, 0.05) is 6.54 Å². The molecule has 34 heavy (non-hydrogen) atoms. The zero-order chi connectivity index (χ0) is 25.5. The highest BCUT2D eigenvalue weighted by atomic mass is 16.4. The molecule has 0 aliphatic carbocycles. The molecule has 0 bridgehead atoms. The molecule has 190 valence electrons. The first-order chi connectivity index (χ1) is 16.1. The van der Waals surface area contributed by atoms with Crippen LogP contribution in [0.5, 0.6) is 0 Å². The molecule has 4 amide bonds. The fraction of sp³-hybridized carbons (Fsp3) is 0.632. The van der Waals surface area contributed by atoms with Gasteiger partial charge in [0.2, 0.25) is 23.6 Å². The molecule has 10 N–H and O–H groups in total. The van der Waals surface area contributed by atoms with Crippen molar-refractivity contribution in [3.63, 3.8) is 0 Å². The highest BCUT2D eigenvalue weighted by Crippen LogP contribution is 2.04. The average Bonchev–Trinajstić information content (AvgIpc) is 3.32. The number of nitrogens with two attached hydrogens (primary N) is 2. The van der Waals surface area contributed by atoms with Crippen LogP contribution in [0.2, 0.25) is 0 Å². The molecule has 1 heterocycles. The highest BCUT2D eigenvalue weighted by Gasteiger charge is 2.24. The summed E-state index contributed by atoms with van der Waals surface area (Å²) >= 11 is 0. The first-order valence-electron chi connectivity index (χ1n) is 10.7. The summed E-state index contributed by atoms with van der Waals surface area (Å²) in [6.45, 7) is 0.0289. The molecule has 1 aliphatic rings. The number of guanidine groups is 1. The molecule has 1 aliphatic heterocycles. The van der Waals surface area contributed by atoms with Gasteiger partial charge in [-0.3, -0.25) is 29.0 Å². The predicted molar refractivity (Wildman–Crippen MR) is 119 cm³/mol. The van der Waals surface area contributed by atoms with Crippen molar-refractivity contribution in [2.24, 2.45) is 16.5 Å². The van der Waals surface area contributed by atoms with Crippen molar-refractivity contribution in [1.29, 1.82) is 0 Å². The lowest BCUT2D eigenvalue weighted by Crippen LogP contribution is -2.52. The Morgan fingerprint density at radius 2 is 1.76 bits per heavy atom. The Balaban J connectivity index is 2.59. The Morgan fingerprint density at radius 3 is 2.35 bits per heavy atom. The number of aliphatic carboxylic acids is 1. The predicted octanol–water partition coefficient (Wildman–Crippen LogP) is -4.33. The van der Waals surface area contributed by atoms with Crippen molar-refractivity contribution in [2.75, 3.05) is 26.2 Å². The smallest absolute Gasteiger partial charge is 0.305 e. The maximum absolute atomic E-state index is 12.5. The van der Waals surface area contributed by atoms with Crippen LogP contribution in [0.4, 0.5) is 0 Å². The normalized spacial score (nSPS) is 16.4. The monoisotopic (exact) mass is 484 g/mol. The molecule has 1 fully saturated rings. The standard InChI is InChI=1S/C19H32N8O7/c20-19(21)23-6-2-4-13(27-15(30)9-24-17(33)12-3-1-5-22-12)18(34)25-8-14(29)26-11(10-28)7-16(31)32/h10-13,22H,1-9H2,(H,24,33)(H,25,34)(H,26,29)(H,27,30)(H,31,32)(H4,20,21,23)/t11-,12-,13-/m0/s1. The second-order valence-electron chi connectivity index (χ2n) is 7.56. The summed E-state index contributed by atoms with van der Waals surface area (Å²) in [6, 6.07) is -2.66. The molecule has 1 rings (SSSR count). The third-order valence-corrected chi connectivity index (χ3v) is 4.73. The second kappa shape index (κ2) is 15.2. The lowest BCUT2D eigenvalue weighted by atomic mass is 10.1. The van der Waals surface area contributed by atoms with Crippen LogP contribution in [-0.4, -0.2) is 91.3 Å². The van der Waals surface area contributed by atoms with Crippen molar-refractivity contribution < 1.29 is 33.9 Å². The number of amides is 4. The first-order valence-corrected chi connectivity index (χ1v) is 10.7. The van der Waals surface area contributed by atoms with Crippen LogP contribution in [0, 0.1) is 0 Å². The summed E-state index contributed by atoms with van der Waals surface area (Å²) in [5.41, 5.74) is 10.5. The van der Waals surface area contributed by atoms with Crippen LogP contribution in [-0.2, 0) is 28.8 Å². The number of hydrogen-bond acceptors (Lipinski definition) is 8. The topological polar surface area (TPSA) is 247 Å². The quantitative estimate of drug-likeness (QED) is 0.0480. The lowest BCUT2D eigenvalue weighted by Gasteiger charge is -2.19. The molecule has 0 radical (unpaired) electrons. The largest absolute Gasteiger partial charge is 0.481 e. The van der Waals surface area contributed by atoms with Crippen molar-refractivity contribution in [3.8, 4) is 0 Å². The molecule has 15 nitrogen and oxygen atoms in total. The Bertz CT molecular complexity index is 779. The van der Waals surface area contributed by atoms with Gasteiger partial charge in [-0.15, -0.1) is 0 Å². The van der Waals surface area contributed by atoms with Gasteiger partial charge in [0.05, 0.1) is 31.6 Å². The van der Waals surface area contributed by atoms with Crippen molar-refractivity contribution in [3.05, 3.63) is 0 Å². The van der Waals surface area contributed by atoms with Crippen molar-refractivity contribution in [1.82, 2.24) is 26.6 Å². The minimum Gasteiger partial charge on any atom is -0.481 e. The van der Waals surface area contributed by atoms with Gasteiger partial charge in [-0.05, 0) is 32.2 Å². The van der Waals surface area contributed by atoms with Crippen LogP contribution in [0.15, 0.2) is 4.99 Å². The van der Waals surface area contributed by atoms with Crippen LogP contribution >= 0.6 is 0 Å². The summed E-state index contributed by atoms with van der Waals surface area (Å²) < 4.78 is 0. The number of hydrogen-bond donors (Lipinski definition) is 8. The van der Waals surface area contributed by atoms with Crippen LogP contribution in [0.25, 0.3) is 0 Å². The molecular formula is C19H32N8O7. The molecule has 3 atom stereocenters. The van der Waals surface area contributed by atoms with Crippen LogP contribution in [0.1, 0.15) is 32.1 Å². The second-order valence-corrected chi connectivity index (χ2v) is 7.56. The molecule has 0 aromatic carbocycles. The van der Waals surface area contributed by atoms with Gasteiger partial charge in [-0.1, -0.05) is 0 Å². The average molecular weight is 485 g/mol. The zero-order valence-corrected chi connectivity index (χ0v) is 18.7. The van der Waals surface area contributed by atoms with Gasteiger partial charge in [0.1, 0.15) is 12.3 Å². The Hall–Kier alpha value is -3.75. The SMILES string of the molecule is NC(N)=NCCC[C@H](NC(=O)CNC(=O)[C@@H]1CCCN1)C(=O)NCC(=O)N[C@H](C=O)CC(=O)O. The van der Waals surface area contributed by atoms with Crippen molar-refractivity contribution >= 4 is 41.8 Å². The number of carboxylic acid groups (broad SMARTS) is 1. The highest BCUT2D eigenvalue weighted by molar-refractivity contribution is 5.93. The van der Waals surface area contributed by atoms with E-state index in [1.807, 2.05) is 0 Å². The van der Waals surface area contributed by atoms with E-state index in [4.69, 9.17) is 16.6 Å². The number of aldehydes is 1. The zero-order valence-electron chi connectivity index (χ0n) is 18.7. The molecule has 15 heteroatoms. The summed E-state index contributed by atoms with van der Waals surface area (Å²) in [5, 5.41) is 21.2. The molecule has 0 aromatic rings. The van der Waals surface area contributed by atoms with Gasteiger partial charge in [-0.2, -0.15) is 0 Å². The molecule has 0 spiro atoms. The fourth-order valence-corrected chi connectivity index (χ4v) is 3.09. The molecule has 0 unspecified atom stereocenters. The Labute approximate surface area is 195 Å². The van der Waals surface area contributed by atoms with Gasteiger partial charge in [0.15, 0.2) is 5.96 Å². The van der Waals surface area contributed by atoms with Crippen LogP contribution < -0.4 is 38.1 Å². The van der Waals surface area contributed by atoms with E-state index in [-0.39, 0.29) is 43.7 Å². The van der Waals surface area contributed by atoms with E-state index in [2.05, 4.69) is 31.6 Å². The number of nitrogens with one attached hydrogen (secondary N) is 5. The minimum absolute atomic E-state index is 0.129. The van der Waals surface area contributed by atoms with Gasteiger partial charge >= 0.3 is 5.97 Å². The van der Waals surface area contributed by atoms with E-state index in [0.717, 1.165) is 13.0 Å². The number of aliphatic imine (C=N–C) groups is 1. The maximum Gasteiger partial charge on any atom is 0.305 e. The minimum atomic E-state index is -1.28. The number of carbonyl (C=O) groups excluding carboxylic acids is 5. The van der Waals surface area contributed by atoms with Crippen LogP contribution in [0.3, 0.4) is 0 Å². The lowest BCUT2D eigenvalue weighted by molar-refractivity contribution is -0.139. The summed E-state index contributed by atoms with van der Waals surface area (Å²) in [7, 11) is 0. The first kappa shape index (κ1) is 28.3. The van der Waals surface area contributed by atoms with E-state index in [0.29, 0.717) is 12.8 Å². The molecular weight excluding hydrogens is 452 g/mol. The Morgan fingerprint density at radius 1 is 1.09 bits per heavy atom. The van der Waals surface area contributed by atoms with E-state index in [1.165, 1.54) is 0 Å². The summed E-state index contributed by atoms with van der Waals surface area (Å²) in [4.78, 5) is 74.1. The molecule has 1 saturated heterocycles. The number of nitrogens with zero attached hydrogens (tertiary/aromatic N) is 1. The van der Waals surface area contributed by atoms with E-state index in [9.17, 15) is 28.8 Å². The van der Waals surface area contributed by atoms with E-state index >= 15 is 0 Å². The van der Waals surface area contributed by atoms with Gasteiger partial charge in [0.25, 0.3) is 0 Å². The van der Waals surface area contributed by atoms with E-state index in [1.54, 1.807) is 0 Å². The molecule has 0 saturated carbocycles. The number of carbonyl (C=O) groups is 6. The Kier molecular flexibility index (Phi) is 12.6. The number of carboxylic acids is 1. The van der Waals surface area contributed by atoms with Gasteiger partial charge < -0.3 is 48.0 Å². The summed E-state index contributed by atoms with van der Waals surface area (Å²) in [6.07, 6.45) is 1.66. The fourth-order valence-electron chi connectivity index (χ4n) is 3.09. The van der Waals surface area contributed by atoms with Crippen molar-refractivity contribution in [2.45, 2.75) is 50.2 Å². The summed E-state index contributed by atoms with van der Waals surface area (Å²) in [5.74, 6) is -3.81. The van der Waals surface area contributed by atoms with E-state index < -0.39 is 48.7 Å². The number of rotatable bonds is 15. The third kappa shape index (κ3) is 11.8. The third-order valence-electron chi connectivity index (χ3n) is 4.73. The molecule has 0 aromatic heterocycles. The maximum atomic E-state index is 12.5.